The number of thiazole rings is 1. The van der Waals surface area contributed by atoms with Crippen molar-refractivity contribution in [1.82, 2.24) is 4.90 Å². The minimum Gasteiger partial charge on any atom is -0.617 e. The van der Waals surface area contributed by atoms with Gasteiger partial charge < -0.3 is 10.1 Å². The average Bonchev–Trinajstić information content (AvgIpc) is 2.92. The predicted molar refractivity (Wildman–Crippen MR) is 70.3 cm³/mol. The molecule has 2 heterocycles. The first-order valence-electron chi connectivity index (χ1n) is 6.13. The lowest BCUT2D eigenvalue weighted by molar-refractivity contribution is -0.580. The maximum Gasteiger partial charge on any atom is 0.251 e. The molecule has 0 spiro atoms. The first kappa shape index (κ1) is 11.5. The van der Waals surface area contributed by atoms with Crippen molar-refractivity contribution >= 4 is 27.5 Å². The molecule has 3 rings (SSSR count). The van der Waals surface area contributed by atoms with Gasteiger partial charge in [0.25, 0.3) is 5.01 Å². The van der Waals surface area contributed by atoms with Crippen LogP contribution in [0.4, 0.5) is 0 Å². The van der Waals surface area contributed by atoms with E-state index >= 15 is 0 Å². The van der Waals surface area contributed by atoms with Crippen molar-refractivity contribution in [1.29, 1.82) is 0 Å². The fraction of sp³-hybridized carbons (Fsp3) is 0.385. The smallest absolute Gasteiger partial charge is 0.251 e. The molecule has 18 heavy (non-hydrogen) atoms. The number of para-hydroxylation sites is 1. The minimum absolute atomic E-state index is 0.216. The summed E-state index contributed by atoms with van der Waals surface area (Å²) in [5.41, 5.74) is 0.727. The molecule has 1 aromatic carbocycles. The highest BCUT2D eigenvalue weighted by atomic mass is 32.1. The van der Waals surface area contributed by atoms with Crippen molar-refractivity contribution in [2.75, 3.05) is 13.1 Å². The number of hydrogen-bond donors (Lipinski definition) is 0. The highest BCUT2D eigenvalue weighted by Gasteiger charge is 2.22. The van der Waals surface area contributed by atoms with Crippen molar-refractivity contribution in [3.8, 4) is 0 Å². The number of hydrogen-bond acceptors (Lipinski definition) is 3. The highest BCUT2D eigenvalue weighted by molar-refractivity contribution is 7.18. The Morgan fingerprint density at radius 3 is 2.94 bits per heavy atom. The van der Waals surface area contributed by atoms with E-state index in [4.69, 9.17) is 0 Å². The van der Waals surface area contributed by atoms with E-state index < -0.39 is 0 Å². The second kappa shape index (κ2) is 4.57. The third-order valence-corrected chi connectivity index (χ3v) is 4.48. The molecule has 1 fully saturated rings. The van der Waals surface area contributed by atoms with E-state index in [-0.39, 0.29) is 5.91 Å². The Balaban J connectivity index is 1.78. The van der Waals surface area contributed by atoms with Gasteiger partial charge in [-0.3, -0.25) is 4.79 Å². The zero-order valence-corrected chi connectivity index (χ0v) is 10.8. The highest BCUT2D eigenvalue weighted by Crippen LogP contribution is 2.20. The molecule has 94 valence electrons. The molecule has 1 amide bonds. The first-order chi connectivity index (χ1) is 8.75. The van der Waals surface area contributed by atoms with Gasteiger partial charge in [0.05, 0.1) is 6.42 Å². The van der Waals surface area contributed by atoms with E-state index in [0.717, 1.165) is 32.9 Å². The molecule has 0 aliphatic carbocycles. The van der Waals surface area contributed by atoms with Gasteiger partial charge in [0, 0.05) is 25.6 Å². The van der Waals surface area contributed by atoms with Crippen LogP contribution in [-0.4, -0.2) is 23.9 Å². The lowest BCUT2D eigenvalue weighted by Gasteiger charge is -2.13. The number of aromatic nitrogens is 1. The van der Waals surface area contributed by atoms with Crippen molar-refractivity contribution in [2.45, 2.75) is 19.3 Å². The SMILES string of the molecule is O=C1CCCN1CCc1sc2ccccc2[n+]1[O-]. The molecule has 1 saturated heterocycles. The Morgan fingerprint density at radius 2 is 2.22 bits per heavy atom. The standard InChI is InChI=1S/C13H14N2O2S/c16-12-6-3-8-14(12)9-7-13-15(17)10-4-1-2-5-11(10)18-13/h1-2,4-5H,3,6-9H2. The van der Waals surface area contributed by atoms with E-state index in [0.29, 0.717) is 19.4 Å². The molecule has 1 aliphatic heterocycles. The summed E-state index contributed by atoms with van der Waals surface area (Å²) in [6.45, 7) is 1.50. The van der Waals surface area contributed by atoms with Crippen molar-refractivity contribution in [3.63, 3.8) is 0 Å². The Morgan fingerprint density at radius 1 is 1.39 bits per heavy atom. The van der Waals surface area contributed by atoms with Crippen LogP contribution < -0.4 is 4.73 Å². The van der Waals surface area contributed by atoms with Crippen LogP contribution in [0.5, 0.6) is 0 Å². The van der Waals surface area contributed by atoms with E-state index in [1.165, 1.54) is 11.3 Å². The van der Waals surface area contributed by atoms with E-state index in [1.807, 2.05) is 29.2 Å². The van der Waals surface area contributed by atoms with Gasteiger partial charge in [-0.25, -0.2) is 0 Å². The van der Waals surface area contributed by atoms with Crippen LogP contribution in [0, 0.1) is 5.21 Å². The molecular weight excluding hydrogens is 248 g/mol. The number of carbonyl (C=O) groups is 1. The maximum atomic E-state index is 12.0. The van der Waals surface area contributed by atoms with Gasteiger partial charge >= 0.3 is 0 Å². The van der Waals surface area contributed by atoms with Gasteiger partial charge in [0.1, 0.15) is 4.70 Å². The topological polar surface area (TPSA) is 47.2 Å². The molecule has 0 unspecified atom stereocenters. The lowest BCUT2D eigenvalue weighted by Crippen LogP contribution is -2.33. The van der Waals surface area contributed by atoms with Crippen molar-refractivity contribution in [3.05, 3.63) is 34.5 Å². The van der Waals surface area contributed by atoms with Crippen LogP contribution in [0.2, 0.25) is 0 Å². The molecule has 1 aliphatic rings. The number of rotatable bonds is 3. The molecule has 2 aromatic rings. The van der Waals surface area contributed by atoms with Gasteiger partial charge in [-0.15, -0.1) is 0 Å². The van der Waals surface area contributed by atoms with E-state index in [2.05, 4.69) is 0 Å². The van der Waals surface area contributed by atoms with Gasteiger partial charge in [0.15, 0.2) is 0 Å². The quantitative estimate of drug-likeness (QED) is 0.624. The zero-order valence-electron chi connectivity index (χ0n) is 9.96. The van der Waals surface area contributed by atoms with Crippen LogP contribution in [0.15, 0.2) is 24.3 Å². The zero-order chi connectivity index (χ0) is 12.5. The van der Waals surface area contributed by atoms with Gasteiger partial charge in [-0.05, 0) is 12.5 Å². The summed E-state index contributed by atoms with van der Waals surface area (Å²) in [5, 5.41) is 12.8. The molecule has 0 atom stereocenters. The summed E-state index contributed by atoms with van der Waals surface area (Å²) < 4.78 is 2.01. The number of likely N-dealkylation sites (tertiary alicyclic amines) is 1. The number of nitrogens with zero attached hydrogens (tertiary/aromatic N) is 2. The van der Waals surface area contributed by atoms with Crippen LogP contribution in [0.1, 0.15) is 17.8 Å². The fourth-order valence-corrected chi connectivity index (χ4v) is 3.37. The third kappa shape index (κ3) is 1.95. The number of fused-ring (bicyclic) bond motifs is 1. The van der Waals surface area contributed by atoms with E-state index in [9.17, 15) is 10.0 Å². The summed E-state index contributed by atoms with van der Waals surface area (Å²) in [6, 6.07) is 7.60. The third-order valence-electron chi connectivity index (χ3n) is 3.31. The lowest BCUT2D eigenvalue weighted by atomic mass is 10.3. The predicted octanol–water partition coefficient (Wildman–Crippen LogP) is 1.70. The Bertz CT molecular complexity index is 594. The molecular formula is C13H14N2O2S. The first-order valence-corrected chi connectivity index (χ1v) is 6.95. The molecule has 0 saturated carbocycles. The van der Waals surface area contributed by atoms with Gasteiger partial charge in [-0.1, -0.05) is 23.5 Å². The molecule has 0 bridgehead atoms. The molecule has 0 radical (unpaired) electrons. The summed E-state index contributed by atoms with van der Waals surface area (Å²) in [6.07, 6.45) is 2.25. The second-order valence-corrected chi connectivity index (χ2v) is 5.61. The molecule has 5 heteroatoms. The normalized spacial score (nSPS) is 15.8. The van der Waals surface area contributed by atoms with Crippen molar-refractivity contribution < 1.29 is 9.52 Å². The van der Waals surface area contributed by atoms with Crippen LogP contribution in [0.25, 0.3) is 10.2 Å². The van der Waals surface area contributed by atoms with Gasteiger partial charge in [0.2, 0.25) is 11.4 Å². The number of carbonyl (C=O) groups excluding carboxylic acids is 1. The van der Waals surface area contributed by atoms with E-state index in [1.54, 1.807) is 0 Å². The van der Waals surface area contributed by atoms with Crippen molar-refractivity contribution in [2.24, 2.45) is 0 Å². The number of benzene rings is 1. The van der Waals surface area contributed by atoms with Crippen LogP contribution in [0.3, 0.4) is 0 Å². The molecule has 1 aromatic heterocycles. The monoisotopic (exact) mass is 262 g/mol. The molecule has 4 nitrogen and oxygen atoms in total. The Kier molecular flexibility index (Phi) is 2.91. The average molecular weight is 262 g/mol. The summed E-state index contributed by atoms with van der Waals surface area (Å²) >= 11 is 1.52. The Labute approximate surface area is 109 Å². The number of amides is 1. The Hall–Kier alpha value is -1.62. The summed E-state index contributed by atoms with van der Waals surface area (Å²) in [7, 11) is 0. The summed E-state index contributed by atoms with van der Waals surface area (Å²) in [4.78, 5) is 13.3. The van der Waals surface area contributed by atoms with Crippen LogP contribution in [-0.2, 0) is 11.2 Å². The molecule has 0 N–H and O–H groups in total. The fourth-order valence-electron chi connectivity index (χ4n) is 2.34. The van der Waals surface area contributed by atoms with Gasteiger partial charge in [-0.2, -0.15) is 4.73 Å². The summed E-state index contributed by atoms with van der Waals surface area (Å²) in [5.74, 6) is 0.216. The largest absolute Gasteiger partial charge is 0.617 e. The van der Waals surface area contributed by atoms with Crippen LogP contribution >= 0.6 is 11.3 Å². The second-order valence-electron chi connectivity index (χ2n) is 4.49. The minimum atomic E-state index is 0.216. The maximum absolute atomic E-state index is 12.0.